The summed E-state index contributed by atoms with van der Waals surface area (Å²) in [5.41, 5.74) is 1.10. The Balaban J connectivity index is 1.62. The largest absolute Gasteiger partial charge is 0.393 e. The van der Waals surface area contributed by atoms with E-state index in [2.05, 4.69) is 24.3 Å². The zero-order valence-electron chi connectivity index (χ0n) is 15.8. The third-order valence-corrected chi connectivity index (χ3v) is 7.83. The van der Waals surface area contributed by atoms with Crippen molar-refractivity contribution in [3.05, 3.63) is 45.7 Å². The van der Waals surface area contributed by atoms with Gasteiger partial charge in [-0.15, -0.1) is 22.7 Å². The third-order valence-electron chi connectivity index (χ3n) is 5.49. The Hall–Kier alpha value is -2.24. The van der Waals surface area contributed by atoms with Crippen molar-refractivity contribution < 1.29 is 4.39 Å². The molecule has 0 radical (unpaired) electrons. The number of hydrogen-bond donors (Lipinski definition) is 2. The molecule has 2 unspecified atom stereocenters. The third kappa shape index (κ3) is 3.45. The molecule has 0 bridgehead atoms. The molecule has 0 aromatic carbocycles. The molecule has 142 valence electrons. The van der Waals surface area contributed by atoms with Crippen LogP contribution in [-0.4, -0.2) is 24.5 Å². The second-order valence-corrected chi connectivity index (χ2v) is 9.51. The first-order valence-corrected chi connectivity index (χ1v) is 11.0. The first-order valence-electron chi connectivity index (χ1n) is 9.36. The molecular formula is C20H20BFN4S2. The summed E-state index contributed by atoms with van der Waals surface area (Å²) in [6, 6.07) is 2.23. The molecule has 2 N–H and O–H groups in total. The van der Waals surface area contributed by atoms with Gasteiger partial charge in [-0.1, -0.05) is 26.0 Å². The topological polar surface area (TPSA) is 72.6 Å². The quantitative estimate of drug-likeness (QED) is 0.665. The van der Waals surface area contributed by atoms with Crippen LogP contribution in [0, 0.1) is 22.6 Å². The Kier molecular flexibility index (Phi) is 5.22. The first-order chi connectivity index (χ1) is 13.5. The van der Waals surface area contributed by atoms with E-state index in [1.165, 1.54) is 11.0 Å². The first kappa shape index (κ1) is 19.1. The molecule has 1 saturated heterocycles. The lowest BCUT2D eigenvalue weighted by Crippen LogP contribution is -2.25. The molecule has 2 aliphatic rings. The molecule has 1 aliphatic carbocycles. The smallest absolute Gasteiger partial charge is 0.268 e. The molecule has 0 saturated carbocycles. The van der Waals surface area contributed by atoms with Crippen LogP contribution in [0.5, 0.6) is 0 Å². The van der Waals surface area contributed by atoms with Crippen molar-refractivity contribution in [1.82, 2.24) is 10.3 Å². The van der Waals surface area contributed by atoms with Crippen LogP contribution in [0.15, 0.2) is 35.8 Å². The molecule has 4 rings (SSSR count). The molecule has 1 fully saturated rings. The molecule has 2 atom stereocenters. The van der Waals surface area contributed by atoms with Gasteiger partial charge in [0.2, 0.25) is 0 Å². The van der Waals surface area contributed by atoms with E-state index in [0.717, 1.165) is 33.6 Å². The standard InChI is InChI=1S/C20H20BFN4S2/c1-11-8-21(10-23)4-3-14(11)16-7-17-20(27-16)26-19(28-17)12-5-13(9-25-2)18(24)15(22)6-12/h5-7,9,11,14,24-25H,3-4,8H2,1-2H3/b13-9-,24-18?. The number of thiophene rings is 1. The fraction of sp³-hybridized carbons (Fsp3) is 0.350. The second kappa shape index (κ2) is 7.65. The van der Waals surface area contributed by atoms with Gasteiger partial charge in [0.15, 0.2) is 0 Å². The Morgan fingerprint density at radius 1 is 1.43 bits per heavy atom. The van der Waals surface area contributed by atoms with Gasteiger partial charge in [-0.3, -0.25) is 5.41 Å². The van der Waals surface area contributed by atoms with Crippen molar-refractivity contribution >= 4 is 50.2 Å². The Morgan fingerprint density at radius 3 is 2.93 bits per heavy atom. The van der Waals surface area contributed by atoms with Crippen LogP contribution in [0.25, 0.3) is 15.1 Å². The molecular weight excluding hydrogens is 390 g/mol. The number of thiazole rings is 1. The average molecular weight is 410 g/mol. The van der Waals surface area contributed by atoms with Gasteiger partial charge in [-0.05, 0) is 30.1 Å². The number of allylic oxidation sites excluding steroid dienone is 5. The number of rotatable bonds is 3. The van der Waals surface area contributed by atoms with E-state index < -0.39 is 5.83 Å². The lowest BCUT2D eigenvalue weighted by Gasteiger charge is -2.29. The summed E-state index contributed by atoms with van der Waals surface area (Å²) in [6.45, 7) is 2.43. The van der Waals surface area contributed by atoms with Gasteiger partial charge < -0.3 is 5.32 Å². The van der Waals surface area contributed by atoms with Crippen LogP contribution in [0.1, 0.15) is 29.1 Å². The predicted molar refractivity (Wildman–Crippen MR) is 117 cm³/mol. The summed E-state index contributed by atoms with van der Waals surface area (Å²) >= 11 is 3.29. The zero-order valence-corrected chi connectivity index (χ0v) is 17.4. The molecule has 1 aliphatic heterocycles. The maximum Gasteiger partial charge on any atom is 0.268 e. The minimum Gasteiger partial charge on any atom is -0.393 e. The molecule has 0 amide bonds. The summed E-state index contributed by atoms with van der Waals surface area (Å²) in [4.78, 5) is 7.08. The maximum absolute atomic E-state index is 14.2. The number of aromatic nitrogens is 1. The minimum absolute atomic E-state index is 0.110. The maximum atomic E-state index is 14.2. The molecule has 2 aromatic rings. The van der Waals surface area contributed by atoms with E-state index in [1.54, 1.807) is 42.0 Å². The van der Waals surface area contributed by atoms with Crippen LogP contribution < -0.4 is 5.32 Å². The monoisotopic (exact) mass is 410 g/mol. The fourth-order valence-electron chi connectivity index (χ4n) is 4.02. The predicted octanol–water partition coefficient (Wildman–Crippen LogP) is 5.41. The van der Waals surface area contributed by atoms with Crippen LogP contribution in [0.2, 0.25) is 12.6 Å². The highest BCUT2D eigenvalue weighted by Gasteiger charge is 2.32. The van der Waals surface area contributed by atoms with Gasteiger partial charge in [0.25, 0.3) is 6.71 Å². The fourth-order valence-corrected chi connectivity index (χ4v) is 6.50. The van der Waals surface area contributed by atoms with Crippen molar-refractivity contribution in [3.63, 3.8) is 0 Å². The lowest BCUT2D eigenvalue weighted by molar-refractivity contribution is 0.468. The van der Waals surface area contributed by atoms with Gasteiger partial charge >= 0.3 is 0 Å². The average Bonchev–Trinajstić information content (AvgIpc) is 3.24. The number of nitriles is 1. The highest BCUT2D eigenvalue weighted by atomic mass is 32.1. The number of halogens is 1. The van der Waals surface area contributed by atoms with Crippen LogP contribution in [0.4, 0.5) is 4.39 Å². The summed E-state index contributed by atoms with van der Waals surface area (Å²) in [7, 11) is 1.73. The van der Waals surface area contributed by atoms with Gasteiger partial charge in [0, 0.05) is 35.2 Å². The Labute approximate surface area is 172 Å². The highest BCUT2D eigenvalue weighted by Crippen LogP contribution is 2.44. The summed E-state index contributed by atoms with van der Waals surface area (Å²) < 4.78 is 15.3. The van der Waals surface area contributed by atoms with E-state index in [4.69, 9.17) is 10.4 Å². The van der Waals surface area contributed by atoms with E-state index >= 15 is 0 Å². The SMILES string of the molecule is CN/C=C1/C=C(c2nc3sc(C4CCB(C#N)CC4C)cc3s2)C=C(F)C1=N. The van der Waals surface area contributed by atoms with Crippen LogP contribution in [-0.2, 0) is 0 Å². The summed E-state index contributed by atoms with van der Waals surface area (Å²) in [5.74, 6) is 2.88. The number of fused-ring (bicyclic) bond motifs is 1. The van der Waals surface area contributed by atoms with Gasteiger partial charge in [0.1, 0.15) is 15.7 Å². The van der Waals surface area contributed by atoms with E-state index in [9.17, 15) is 9.65 Å². The van der Waals surface area contributed by atoms with Crippen molar-refractivity contribution in [2.75, 3.05) is 7.05 Å². The normalized spacial score (nSPS) is 24.3. The number of hydrogen-bond acceptors (Lipinski definition) is 6. The van der Waals surface area contributed by atoms with Crippen molar-refractivity contribution in [2.45, 2.75) is 31.9 Å². The van der Waals surface area contributed by atoms with Gasteiger partial charge in [0.05, 0.1) is 10.4 Å². The highest BCUT2D eigenvalue weighted by molar-refractivity contribution is 7.27. The van der Waals surface area contributed by atoms with Crippen LogP contribution >= 0.6 is 22.7 Å². The molecule has 28 heavy (non-hydrogen) atoms. The van der Waals surface area contributed by atoms with E-state index in [0.29, 0.717) is 23.0 Å². The molecule has 3 heterocycles. The van der Waals surface area contributed by atoms with Gasteiger partial charge in [-0.25, -0.2) is 14.6 Å². The van der Waals surface area contributed by atoms with E-state index in [1.807, 2.05) is 0 Å². The molecule has 4 nitrogen and oxygen atoms in total. The van der Waals surface area contributed by atoms with Gasteiger partial charge in [-0.2, -0.15) is 0 Å². The Morgan fingerprint density at radius 2 is 2.25 bits per heavy atom. The van der Waals surface area contributed by atoms with Crippen LogP contribution in [0.3, 0.4) is 0 Å². The Bertz CT molecular complexity index is 1040. The number of nitrogens with zero attached hydrogens (tertiary/aromatic N) is 2. The lowest BCUT2D eigenvalue weighted by atomic mass is 9.39. The van der Waals surface area contributed by atoms with Crippen molar-refractivity contribution in [3.8, 4) is 5.97 Å². The second-order valence-electron chi connectivity index (χ2n) is 7.42. The van der Waals surface area contributed by atoms with E-state index in [-0.39, 0.29) is 12.4 Å². The molecule has 2 aromatic heterocycles. The van der Waals surface area contributed by atoms with Crippen molar-refractivity contribution in [1.29, 1.82) is 10.7 Å². The zero-order chi connectivity index (χ0) is 19.8. The molecule has 8 heteroatoms. The summed E-state index contributed by atoms with van der Waals surface area (Å²) in [6.07, 6.45) is 7.82. The number of nitrogens with one attached hydrogen (secondary N) is 2. The minimum atomic E-state index is -0.540. The summed E-state index contributed by atoms with van der Waals surface area (Å²) in [5, 5.41) is 20.7. The van der Waals surface area contributed by atoms with Crippen molar-refractivity contribution in [2.24, 2.45) is 5.92 Å². The molecule has 0 spiro atoms.